The lowest BCUT2D eigenvalue weighted by Crippen LogP contribution is -2.58. The maximum atomic E-state index is 13.7. The normalized spacial score (nSPS) is 18.9. The fourth-order valence-corrected chi connectivity index (χ4v) is 5.44. The van der Waals surface area contributed by atoms with E-state index in [9.17, 15) is 19.5 Å². The van der Waals surface area contributed by atoms with Crippen LogP contribution in [0, 0.1) is 12.3 Å². The Morgan fingerprint density at radius 1 is 1.08 bits per heavy atom. The third kappa shape index (κ3) is 6.48. The van der Waals surface area contributed by atoms with E-state index in [1.165, 1.54) is 17.3 Å². The number of nitrogens with zero attached hydrogens (tertiary/aromatic N) is 4. The van der Waals surface area contributed by atoms with Gasteiger partial charge < -0.3 is 20.6 Å². The van der Waals surface area contributed by atoms with Crippen molar-refractivity contribution in [1.82, 2.24) is 30.5 Å². The number of amides is 3. The van der Waals surface area contributed by atoms with Crippen molar-refractivity contribution in [3.63, 3.8) is 0 Å². The lowest BCUT2D eigenvalue weighted by Gasteiger charge is -2.35. The Labute approximate surface area is 231 Å². The number of β-amino-alcohol motifs (C(OH)–C–C–N with tert-alkyl or cyclic N) is 1. The molecule has 2 aromatic heterocycles. The number of aliphatic hydroxyl groups excluding tert-OH is 1. The zero-order valence-electron chi connectivity index (χ0n) is 22.7. The maximum absolute atomic E-state index is 13.7. The number of hydrogen-bond acceptors (Lipinski definition) is 8. The molecule has 1 aromatic carbocycles. The van der Waals surface area contributed by atoms with E-state index in [0.717, 1.165) is 21.7 Å². The molecule has 206 valence electrons. The Morgan fingerprint density at radius 3 is 2.33 bits per heavy atom. The molecule has 0 unspecified atom stereocenters. The molecule has 0 aliphatic carbocycles. The van der Waals surface area contributed by atoms with Crippen molar-refractivity contribution in [3.05, 3.63) is 65.3 Å². The first-order valence-electron chi connectivity index (χ1n) is 12.8. The second-order valence-corrected chi connectivity index (χ2v) is 11.7. The highest BCUT2D eigenvalue weighted by atomic mass is 32.1. The van der Waals surface area contributed by atoms with Gasteiger partial charge >= 0.3 is 0 Å². The van der Waals surface area contributed by atoms with Crippen LogP contribution in [-0.4, -0.2) is 67.4 Å². The first-order chi connectivity index (χ1) is 18.5. The Hall–Kier alpha value is -3.70. The number of carbonyl (C=O) groups excluding carboxylic acids is 3. The predicted molar refractivity (Wildman–Crippen MR) is 148 cm³/mol. The van der Waals surface area contributed by atoms with Gasteiger partial charge in [0.1, 0.15) is 12.1 Å². The van der Waals surface area contributed by atoms with Crippen LogP contribution in [0.4, 0.5) is 0 Å². The van der Waals surface area contributed by atoms with Gasteiger partial charge in [-0.1, -0.05) is 45.0 Å². The molecule has 0 spiro atoms. The number of aliphatic hydroxyl groups is 1. The molecule has 3 amide bonds. The number of benzene rings is 1. The lowest BCUT2D eigenvalue weighted by atomic mass is 9.85. The van der Waals surface area contributed by atoms with Crippen molar-refractivity contribution in [2.45, 2.75) is 65.3 Å². The summed E-state index contributed by atoms with van der Waals surface area (Å²) in [4.78, 5) is 54.6. The fraction of sp³-hybridized carbons (Fsp3) is 0.429. The molecule has 1 aliphatic heterocycles. The quantitative estimate of drug-likeness (QED) is 0.411. The minimum absolute atomic E-state index is 0.00150. The van der Waals surface area contributed by atoms with Gasteiger partial charge in [0, 0.05) is 25.4 Å². The number of hydrogen-bond donors (Lipinski definition) is 3. The number of aromatic nitrogens is 3. The largest absolute Gasteiger partial charge is 0.391 e. The van der Waals surface area contributed by atoms with Crippen molar-refractivity contribution in [2.24, 2.45) is 5.41 Å². The summed E-state index contributed by atoms with van der Waals surface area (Å²) in [5, 5.41) is 16.2. The van der Waals surface area contributed by atoms with Gasteiger partial charge in [0.25, 0.3) is 5.91 Å². The molecule has 11 heteroatoms. The molecule has 3 aromatic rings. The Bertz CT molecular complexity index is 1320. The molecule has 1 aliphatic rings. The van der Waals surface area contributed by atoms with Crippen molar-refractivity contribution in [2.75, 3.05) is 6.54 Å². The second kappa shape index (κ2) is 11.6. The molecule has 0 saturated carbocycles. The van der Waals surface area contributed by atoms with E-state index in [-0.39, 0.29) is 30.7 Å². The molecule has 39 heavy (non-hydrogen) atoms. The monoisotopic (exact) mass is 550 g/mol. The minimum atomic E-state index is -0.963. The summed E-state index contributed by atoms with van der Waals surface area (Å²) in [6.07, 6.45) is 2.15. The number of rotatable bonds is 7. The molecular formula is C28H34N6O4S. The van der Waals surface area contributed by atoms with Gasteiger partial charge in [0.15, 0.2) is 0 Å². The summed E-state index contributed by atoms with van der Waals surface area (Å²) in [5.41, 5.74) is 4.08. The third-order valence-electron chi connectivity index (χ3n) is 6.80. The van der Waals surface area contributed by atoms with Crippen molar-refractivity contribution >= 4 is 29.1 Å². The number of likely N-dealkylation sites (tertiary alicyclic amines) is 1. The van der Waals surface area contributed by atoms with E-state index >= 15 is 0 Å². The van der Waals surface area contributed by atoms with Crippen LogP contribution in [0.5, 0.6) is 0 Å². The summed E-state index contributed by atoms with van der Waals surface area (Å²) in [5.74, 6) is -1.45. The van der Waals surface area contributed by atoms with Crippen molar-refractivity contribution in [1.29, 1.82) is 0 Å². The highest BCUT2D eigenvalue weighted by Crippen LogP contribution is 2.29. The summed E-state index contributed by atoms with van der Waals surface area (Å²) in [7, 11) is 0. The van der Waals surface area contributed by atoms with Gasteiger partial charge in [-0.15, -0.1) is 11.3 Å². The summed E-state index contributed by atoms with van der Waals surface area (Å²) < 4.78 is 0. The Kier molecular flexibility index (Phi) is 8.41. The van der Waals surface area contributed by atoms with E-state index in [4.69, 9.17) is 0 Å². The summed E-state index contributed by atoms with van der Waals surface area (Å²) >= 11 is 1.58. The molecule has 0 radical (unpaired) electrons. The molecular weight excluding hydrogens is 516 g/mol. The zero-order valence-corrected chi connectivity index (χ0v) is 23.5. The molecule has 4 atom stereocenters. The van der Waals surface area contributed by atoms with E-state index < -0.39 is 35.4 Å². The SMILES string of the molecule is Cc1ncsc1-c1ccc([C@H](C)NC(=O)[C@@H]2C[C@@H](O)CN2C(=O)[C@@H](NC(=O)c2ncccn2)C(C)(C)C)cc1. The summed E-state index contributed by atoms with van der Waals surface area (Å²) in [6.45, 7) is 9.31. The van der Waals surface area contributed by atoms with Crippen LogP contribution in [-0.2, 0) is 9.59 Å². The average Bonchev–Trinajstić information content (AvgIpc) is 3.52. The van der Waals surface area contributed by atoms with Gasteiger partial charge in [-0.25, -0.2) is 15.0 Å². The average molecular weight is 551 g/mol. The van der Waals surface area contributed by atoms with Gasteiger partial charge in [0.05, 0.1) is 28.2 Å². The van der Waals surface area contributed by atoms with Crippen molar-refractivity contribution in [3.8, 4) is 10.4 Å². The highest BCUT2D eigenvalue weighted by molar-refractivity contribution is 7.13. The molecule has 10 nitrogen and oxygen atoms in total. The Balaban J connectivity index is 1.47. The molecule has 1 fully saturated rings. The standard InChI is InChI=1S/C28H34N6O4S/c1-16(18-7-9-19(10-8-18)22-17(2)31-15-39-22)32-25(36)21-13-20(35)14-34(21)27(38)23(28(3,4)5)33-26(37)24-29-11-6-12-30-24/h6-12,15-16,20-21,23,35H,13-14H2,1-5H3,(H,32,36)(H,33,37)/t16-,20+,21-,23+/m0/s1. The van der Waals surface area contributed by atoms with E-state index in [2.05, 4.69) is 25.6 Å². The first-order valence-corrected chi connectivity index (χ1v) is 13.7. The maximum Gasteiger partial charge on any atom is 0.289 e. The molecule has 1 saturated heterocycles. The number of carbonyl (C=O) groups is 3. The first kappa shape index (κ1) is 28.3. The molecule has 4 rings (SSSR count). The smallest absolute Gasteiger partial charge is 0.289 e. The summed E-state index contributed by atoms with van der Waals surface area (Å²) in [6, 6.07) is 7.36. The third-order valence-corrected chi connectivity index (χ3v) is 7.78. The minimum Gasteiger partial charge on any atom is -0.391 e. The molecule has 0 bridgehead atoms. The fourth-order valence-electron chi connectivity index (χ4n) is 4.63. The number of aryl methyl sites for hydroxylation is 1. The number of thiazole rings is 1. The van der Waals surface area contributed by atoms with E-state index in [1.54, 1.807) is 17.4 Å². The highest BCUT2D eigenvalue weighted by Gasteiger charge is 2.44. The van der Waals surface area contributed by atoms with Crippen LogP contribution >= 0.6 is 11.3 Å². The van der Waals surface area contributed by atoms with Crippen LogP contribution in [0.25, 0.3) is 10.4 Å². The van der Waals surface area contributed by atoms with E-state index in [0.29, 0.717) is 0 Å². The van der Waals surface area contributed by atoms with Crippen LogP contribution in [0.15, 0.2) is 48.2 Å². The van der Waals surface area contributed by atoms with Crippen LogP contribution < -0.4 is 10.6 Å². The van der Waals surface area contributed by atoms with Crippen LogP contribution in [0.2, 0.25) is 0 Å². The van der Waals surface area contributed by atoms with Gasteiger partial charge in [0.2, 0.25) is 17.6 Å². The molecule has 3 heterocycles. The van der Waals surface area contributed by atoms with E-state index in [1.807, 2.05) is 64.4 Å². The van der Waals surface area contributed by atoms with Crippen LogP contribution in [0.3, 0.4) is 0 Å². The van der Waals surface area contributed by atoms with Gasteiger partial charge in [-0.3, -0.25) is 14.4 Å². The van der Waals surface area contributed by atoms with Gasteiger partial charge in [-0.05, 0) is 36.5 Å². The number of nitrogens with one attached hydrogen (secondary N) is 2. The van der Waals surface area contributed by atoms with Gasteiger partial charge in [-0.2, -0.15) is 0 Å². The van der Waals surface area contributed by atoms with Crippen LogP contribution in [0.1, 0.15) is 62.0 Å². The second-order valence-electron chi connectivity index (χ2n) is 10.9. The Morgan fingerprint density at radius 2 is 1.74 bits per heavy atom. The topological polar surface area (TPSA) is 137 Å². The lowest BCUT2D eigenvalue weighted by molar-refractivity contribution is -0.142. The van der Waals surface area contributed by atoms with Crippen molar-refractivity contribution < 1.29 is 19.5 Å². The zero-order chi connectivity index (χ0) is 28.3. The molecule has 3 N–H and O–H groups in total. The predicted octanol–water partition coefficient (Wildman–Crippen LogP) is 2.89.